The van der Waals surface area contributed by atoms with E-state index in [1.165, 1.54) is 11.3 Å². The van der Waals surface area contributed by atoms with Gasteiger partial charge in [0, 0.05) is 42.1 Å². The highest BCUT2D eigenvalue weighted by Crippen LogP contribution is 2.24. The van der Waals surface area contributed by atoms with Crippen molar-refractivity contribution in [1.82, 2.24) is 14.9 Å². The predicted octanol–water partition coefficient (Wildman–Crippen LogP) is 3.83. The molecule has 3 aromatic heterocycles. The number of carbonyl (C=O) groups is 1. The summed E-state index contributed by atoms with van der Waals surface area (Å²) < 4.78 is 7.43. The summed E-state index contributed by atoms with van der Waals surface area (Å²) in [6.07, 6.45) is 4.02. The van der Waals surface area contributed by atoms with Crippen molar-refractivity contribution >= 4 is 39.1 Å². The van der Waals surface area contributed by atoms with Gasteiger partial charge in [0.1, 0.15) is 16.5 Å². The van der Waals surface area contributed by atoms with Crippen molar-refractivity contribution in [3.63, 3.8) is 0 Å². The minimum atomic E-state index is -0.760. The first-order chi connectivity index (χ1) is 15.9. The third-order valence-corrected chi connectivity index (χ3v) is 6.57. The summed E-state index contributed by atoms with van der Waals surface area (Å²) in [6, 6.07) is 12.4. The molecular weight excluding hydrogens is 462 g/mol. The maximum atomic E-state index is 13.0. The van der Waals surface area contributed by atoms with Crippen molar-refractivity contribution in [2.45, 2.75) is 19.3 Å². The van der Waals surface area contributed by atoms with Crippen molar-refractivity contribution in [3.8, 4) is 0 Å². The molecule has 4 aromatic rings. The lowest BCUT2D eigenvalue weighted by atomic mass is 10.1. The molecule has 0 aliphatic heterocycles. The van der Waals surface area contributed by atoms with E-state index in [4.69, 9.17) is 16.3 Å². The Morgan fingerprint density at radius 1 is 1.24 bits per heavy atom. The smallest absolute Gasteiger partial charge is 0.257 e. The molecule has 0 bridgehead atoms. The second kappa shape index (κ2) is 10.3. The number of rotatable bonds is 8. The number of benzene rings is 1. The van der Waals surface area contributed by atoms with E-state index in [1.807, 2.05) is 12.1 Å². The zero-order valence-corrected chi connectivity index (χ0v) is 19.4. The first-order valence-corrected chi connectivity index (χ1v) is 11.4. The molecule has 0 saturated carbocycles. The number of nitrogens with zero attached hydrogens (tertiary/aromatic N) is 2. The standard InChI is InChI=1S/C24H22ClN3O4S/c1-28-12-20(23(31)27-11-15-2-4-17(25)5-3-15)22(30)19-10-18(33-24(19)28)13-32-14-21(29)16-6-8-26-9-7-16/h2-10,12,21,29H,11,13-14H2,1H3,(H,27,31). The quantitative estimate of drug-likeness (QED) is 0.397. The molecule has 0 saturated heterocycles. The molecule has 4 rings (SSSR count). The number of hydrogen-bond acceptors (Lipinski definition) is 6. The van der Waals surface area contributed by atoms with E-state index in [1.54, 1.807) is 60.5 Å². The average Bonchev–Trinajstić information content (AvgIpc) is 3.26. The molecule has 0 spiro atoms. The molecule has 33 heavy (non-hydrogen) atoms. The maximum absolute atomic E-state index is 13.0. The van der Waals surface area contributed by atoms with E-state index in [-0.39, 0.29) is 24.2 Å². The van der Waals surface area contributed by atoms with Gasteiger partial charge in [-0.2, -0.15) is 0 Å². The lowest BCUT2D eigenvalue weighted by Crippen LogP contribution is -2.29. The van der Waals surface area contributed by atoms with Gasteiger partial charge in [0.15, 0.2) is 0 Å². The van der Waals surface area contributed by atoms with Crippen LogP contribution in [0.4, 0.5) is 0 Å². The highest BCUT2D eigenvalue weighted by Gasteiger charge is 2.17. The molecular formula is C24H22ClN3O4S. The van der Waals surface area contributed by atoms with Gasteiger partial charge in [-0.25, -0.2) is 0 Å². The summed E-state index contributed by atoms with van der Waals surface area (Å²) in [4.78, 5) is 31.2. The second-order valence-corrected chi connectivity index (χ2v) is 9.09. The van der Waals surface area contributed by atoms with Crippen LogP contribution < -0.4 is 10.7 Å². The number of aryl methyl sites for hydroxylation is 1. The van der Waals surface area contributed by atoms with Gasteiger partial charge in [-0.05, 0) is 41.5 Å². The lowest BCUT2D eigenvalue weighted by molar-refractivity contribution is 0.0287. The van der Waals surface area contributed by atoms with Crippen molar-refractivity contribution in [2.75, 3.05) is 6.61 Å². The third kappa shape index (κ3) is 5.48. The number of pyridine rings is 2. The van der Waals surface area contributed by atoms with Gasteiger partial charge in [-0.3, -0.25) is 14.6 Å². The predicted molar refractivity (Wildman–Crippen MR) is 129 cm³/mol. The number of nitrogens with one attached hydrogen (secondary N) is 1. The molecule has 1 aromatic carbocycles. The fraction of sp³-hybridized carbons (Fsp3) is 0.208. The molecule has 170 valence electrons. The van der Waals surface area contributed by atoms with Crippen LogP contribution in [0.5, 0.6) is 0 Å². The molecule has 0 fully saturated rings. The Balaban J connectivity index is 1.44. The highest BCUT2D eigenvalue weighted by atomic mass is 35.5. The number of amides is 1. The fourth-order valence-corrected chi connectivity index (χ4v) is 4.53. The van der Waals surface area contributed by atoms with Crippen LogP contribution in [0.1, 0.15) is 32.5 Å². The number of aromatic nitrogens is 2. The number of carbonyl (C=O) groups excluding carboxylic acids is 1. The Morgan fingerprint density at radius 2 is 1.97 bits per heavy atom. The number of ether oxygens (including phenoxy) is 1. The third-order valence-electron chi connectivity index (χ3n) is 5.12. The first-order valence-electron chi connectivity index (χ1n) is 10.2. The van der Waals surface area contributed by atoms with Crippen molar-refractivity contribution in [1.29, 1.82) is 0 Å². The monoisotopic (exact) mass is 483 g/mol. The van der Waals surface area contributed by atoms with Crippen LogP contribution in [0.2, 0.25) is 5.02 Å². The van der Waals surface area contributed by atoms with Gasteiger partial charge in [0.05, 0.1) is 18.6 Å². The minimum absolute atomic E-state index is 0.0809. The van der Waals surface area contributed by atoms with Crippen LogP contribution in [0, 0.1) is 0 Å². The zero-order valence-electron chi connectivity index (χ0n) is 17.8. The van der Waals surface area contributed by atoms with Gasteiger partial charge in [0.2, 0.25) is 5.43 Å². The van der Waals surface area contributed by atoms with Crippen LogP contribution in [-0.4, -0.2) is 27.2 Å². The summed E-state index contributed by atoms with van der Waals surface area (Å²) >= 11 is 7.31. The van der Waals surface area contributed by atoms with Crippen LogP contribution in [0.15, 0.2) is 65.8 Å². The van der Waals surface area contributed by atoms with Crippen molar-refractivity contribution < 1.29 is 14.6 Å². The Labute approximate surface area is 199 Å². The summed E-state index contributed by atoms with van der Waals surface area (Å²) in [5.74, 6) is -0.433. The summed E-state index contributed by atoms with van der Waals surface area (Å²) in [7, 11) is 1.80. The van der Waals surface area contributed by atoms with E-state index >= 15 is 0 Å². The topological polar surface area (TPSA) is 93.5 Å². The van der Waals surface area contributed by atoms with Gasteiger partial charge < -0.3 is 19.7 Å². The zero-order chi connectivity index (χ0) is 23.4. The molecule has 1 amide bonds. The number of thiophene rings is 1. The molecule has 1 atom stereocenters. The molecule has 0 aliphatic rings. The van der Waals surface area contributed by atoms with Gasteiger partial charge in [-0.15, -0.1) is 11.3 Å². The van der Waals surface area contributed by atoms with Crippen molar-refractivity contribution in [2.24, 2.45) is 7.05 Å². The average molecular weight is 484 g/mol. The first kappa shape index (κ1) is 23.1. The van der Waals surface area contributed by atoms with Gasteiger partial charge in [-0.1, -0.05) is 23.7 Å². The second-order valence-electron chi connectivity index (χ2n) is 7.53. The highest BCUT2D eigenvalue weighted by molar-refractivity contribution is 7.18. The molecule has 9 heteroatoms. The van der Waals surface area contributed by atoms with Gasteiger partial charge >= 0.3 is 0 Å². The molecule has 3 heterocycles. The molecule has 0 aliphatic carbocycles. The summed E-state index contributed by atoms with van der Waals surface area (Å²) in [5, 5.41) is 14.1. The largest absolute Gasteiger partial charge is 0.386 e. The maximum Gasteiger partial charge on any atom is 0.257 e. The molecule has 2 N–H and O–H groups in total. The molecule has 7 nitrogen and oxygen atoms in total. The summed E-state index contributed by atoms with van der Waals surface area (Å²) in [6.45, 7) is 0.658. The van der Waals surface area contributed by atoms with Crippen LogP contribution in [-0.2, 0) is 24.9 Å². The number of aliphatic hydroxyl groups is 1. The number of hydrogen-bond donors (Lipinski definition) is 2. The van der Waals surface area contributed by atoms with E-state index in [0.717, 1.165) is 20.8 Å². The number of halogens is 1. The van der Waals surface area contributed by atoms with Crippen LogP contribution in [0.3, 0.4) is 0 Å². The SMILES string of the molecule is Cn1cc(C(=O)NCc2ccc(Cl)cc2)c(=O)c2cc(COCC(O)c3ccncc3)sc21. The molecule has 0 radical (unpaired) electrons. The summed E-state index contributed by atoms with van der Waals surface area (Å²) in [5.41, 5.74) is 1.37. The van der Waals surface area contributed by atoms with Gasteiger partial charge in [0.25, 0.3) is 5.91 Å². The van der Waals surface area contributed by atoms with Crippen LogP contribution >= 0.6 is 22.9 Å². The Morgan fingerprint density at radius 3 is 2.70 bits per heavy atom. The fourth-order valence-electron chi connectivity index (χ4n) is 3.38. The Kier molecular flexibility index (Phi) is 7.20. The number of fused-ring (bicyclic) bond motifs is 1. The molecule has 1 unspecified atom stereocenters. The van der Waals surface area contributed by atoms with E-state index < -0.39 is 12.0 Å². The minimum Gasteiger partial charge on any atom is -0.386 e. The van der Waals surface area contributed by atoms with E-state index in [0.29, 0.717) is 17.0 Å². The van der Waals surface area contributed by atoms with E-state index in [9.17, 15) is 14.7 Å². The normalized spacial score (nSPS) is 12.1. The van der Waals surface area contributed by atoms with Crippen molar-refractivity contribution in [3.05, 3.63) is 97.9 Å². The lowest BCUT2D eigenvalue weighted by Gasteiger charge is -2.10. The number of aliphatic hydroxyl groups excluding tert-OH is 1. The Bertz CT molecular complexity index is 1320. The van der Waals surface area contributed by atoms with E-state index in [2.05, 4.69) is 10.3 Å². The van der Waals surface area contributed by atoms with Crippen LogP contribution in [0.25, 0.3) is 10.2 Å². The Hall–Kier alpha value is -3.04.